The predicted molar refractivity (Wildman–Crippen MR) is 131 cm³/mol. The molecular weight excluding hydrogens is 483 g/mol. The zero-order chi connectivity index (χ0) is 23.6. The van der Waals surface area contributed by atoms with Gasteiger partial charge in [0.15, 0.2) is 6.10 Å². The molecule has 4 rings (SSSR count). The van der Waals surface area contributed by atoms with Crippen molar-refractivity contribution in [3.8, 4) is 5.75 Å². The van der Waals surface area contributed by atoms with E-state index in [-0.39, 0.29) is 4.90 Å². The first-order valence-corrected chi connectivity index (χ1v) is 12.6. The second kappa shape index (κ2) is 9.63. The van der Waals surface area contributed by atoms with E-state index in [1.165, 1.54) is 22.5 Å². The number of carbonyl (C=O) groups excluding carboxylic acids is 1. The largest absolute Gasteiger partial charge is 0.479 e. The second-order valence-electron chi connectivity index (χ2n) is 7.66. The first kappa shape index (κ1) is 23.4. The molecule has 1 unspecified atom stereocenters. The lowest BCUT2D eigenvalue weighted by Crippen LogP contribution is -2.35. The van der Waals surface area contributed by atoms with Crippen LogP contribution in [0.25, 0.3) is 0 Å². The summed E-state index contributed by atoms with van der Waals surface area (Å²) in [5, 5.41) is 3.49. The van der Waals surface area contributed by atoms with Crippen LogP contribution in [0.5, 0.6) is 5.75 Å². The van der Waals surface area contributed by atoms with Gasteiger partial charge in [-0.05, 0) is 73.9 Å². The Bertz CT molecular complexity index is 1280. The molecule has 0 spiro atoms. The minimum atomic E-state index is -3.72. The monoisotopic (exact) mass is 504 g/mol. The van der Waals surface area contributed by atoms with Gasteiger partial charge in [-0.1, -0.05) is 41.4 Å². The Morgan fingerprint density at radius 2 is 1.79 bits per heavy atom. The van der Waals surface area contributed by atoms with E-state index < -0.39 is 22.0 Å². The second-order valence-corrected chi connectivity index (χ2v) is 10.4. The van der Waals surface area contributed by atoms with E-state index in [0.29, 0.717) is 33.7 Å². The van der Waals surface area contributed by atoms with Crippen molar-refractivity contribution in [3.05, 3.63) is 82.3 Å². The van der Waals surface area contributed by atoms with Gasteiger partial charge < -0.3 is 10.1 Å². The van der Waals surface area contributed by atoms with Crippen LogP contribution in [0.1, 0.15) is 18.9 Å². The van der Waals surface area contributed by atoms with Crippen LogP contribution < -0.4 is 14.4 Å². The Kier molecular flexibility index (Phi) is 6.83. The number of ether oxygens (including phenoxy) is 1. The molecule has 9 heteroatoms. The van der Waals surface area contributed by atoms with Crippen molar-refractivity contribution < 1.29 is 17.9 Å². The zero-order valence-corrected chi connectivity index (χ0v) is 20.1. The number of fused-ring (bicyclic) bond motifs is 1. The number of sulfonamides is 1. The molecule has 1 atom stereocenters. The summed E-state index contributed by atoms with van der Waals surface area (Å²) in [6, 6.07) is 18.4. The molecule has 0 aliphatic carbocycles. The summed E-state index contributed by atoms with van der Waals surface area (Å²) in [6.45, 7) is 2.02. The number of carbonyl (C=O) groups is 1. The van der Waals surface area contributed by atoms with E-state index in [1.807, 2.05) is 24.3 Å². The van der Waals surface area contributed by atoms with Crippen molar-refractivity contribution in [1.82, 2.24) is 0 Å². The van der Waals surface area contributed by atoms with Crippen molar-refractivity contribution in [3.63, 3.8) is 0 Å². The summed E-state index contributed by atoms with van der Waals surface area (Å²) in [5.74, 6) is -0.0615. The summed E-state index contributed by atoms with van der Waals surface area (Å²) < 4.78 is 33.6. The molecule has 1 heterocycles. The molecule has 33 heavy (non-hydrogen) atoms. The van der Waals surface area contributed by atoms with Crippen LogP contribution in [0.4, 0.5) is 11.4 Å². The van der Waals surface area contributed by atoms with Gasteiger partial charge in [-0.3, -0.25) is 9.10 Å². The number of para-hydroxylation sites is 1. The number of hydrogen-bond donors (Lipinski definition) is 1. The van der Waals surface area contributed by atoms with Crippen LogP contribution in [0.15, 0.2) is 71.6 Å². The maximum atomic E-state index is 13.2. The Morgan fingerprint density at radius 3 is 2.52 bits per heavy atom. The van der Waals surface area contributed by atoms with Crippen molar-refractivity contribution in [2.75, 3.05) is 16.2 Å². The van der Waals surface area contributed by atoms with E-state index in [4.69, 9.17) is 27.9 Å². The Morgan fingerprint density at radius 1 is 1.06 bits per heavy atom. The Labute approximate surface area is 203 Å². The van der Waals surface area contributed by atoms with Crippen molar-refractivity contribution in [1.29, 1.82) is 0 Å². The van der Waals surface area contributed by atoms with Crippen LogP contribution in [0.2, 0.25) is 10.0 Å². The summed E-state index contributed by atoms with van der Waals surface area (Å²) in [5.41, 5.74) is 2.19. The molecule has 0 aromatic heterocycles. The topological polar surface area (TPSA) is 75.7 Å². The van der Waals surface area contributed by atoms with Gasteiger partial charge in [-0.15, -0.1) is 0 Å². The lowest BCUT2D eigenvalue weighted by molar-refractivity contribution is -0.122. The number of benzene rings is 3. The van der Waals surface area contributed by atoms with Crippen molar-refractivity contribution >= 4 is 50.5 Å². The predicted octanol–water partition coefficient (Wildman–Crippen LogP) is 5.54. The number of amides is 1. The van der Waals surface area contributed by atoms with Crippen molar-refractivity contribution in [2.24, 2.45) is 0 Å². The van der Waals surface area contributed by atoms with E-state index in [0.717, 1.165) is 18.4 Å². The molecule has 3 aromatic carbocycles. The van der Waals surface area contributed by atoms with E-state index in [2.05, 4.69) is 5.32 Å². The summed E-state index contributed by atoms with van der Waals surface area (Å²) in [4.78, 5) is 12.7. The third-order valence-corrected chi connectivity index (χ3v) is 7.70. The van der Waals surface area contributed by atoms with Gasteiger partial charge in [0.25, 0.3) is 15.9 Å². The van der Waals surface area contributed by atoms with Crippen LogP contribution in [0, 0.1) is 0 Å². The maximum Gasteiger partial charge on any atom is 0.265 e. The molecule has 3 aromatic rings. The van der Waals surface area contributed by atoms with Gasteiger partial charge in [0, 0.05) is 17.3 Å². The third kappa shape index (κ3) is 5.11. The molecular formula is C24H22Cl2N2O4S. The number of hydrogen-bond acceptors (Lipinski definition) is 4. The van der Waals surface area contributed by atoms with Gasteiger partial charge >= 0.3 is 0 Å². The van der Waals surface area contributed by atoms with Crippen LogP contribution in [0.3, 0.4) is 0 Å². The van der Waals surface area contributed by atoms with Gasteiger partial charge in [-0.2, -0.15) is 0 Å². The van der Waals surface area contributed by atoms with Gasteiger partial charge in [0.1, 0.15) is 5.75 Å². The molecule has 172 valence electrons. The minimum Gasteiger partial charge on any atom is -0.479 e. The Balaban J connectivity index is 1.45. The van der Waals surface area contributed by atoms with E-state index >= 15 is 0 Å². The molecule has 0 bridgehead atoms. The highest BCUT2D eigenvalue weighted by atomic mass is 35.5. The number of anilines is 2. The number of rotatable bonds is 6. The highest BCUT2D eigenvalue weighted by Crippen LogP contribution is 2.32. The SMILES string of the molecule is CC(Oc1ccc(Cl)cc1Cl)C(=O)Nc1ccc(S(=O)(=O)N2CCCc3ccccc32)cc1. The highest BCUT2D eigenvalue weighted by Gasteiger charge is 2.29. The van der Waals surface area contributed by atoms with Crippen LogP contribution >= 0.6 is 23.2 Å². The smallest absolute Gasteiger partial charge is 0.265 e. The quantitative estimate of drug-likeness (QED) is 0.477. The molecule has 1 aliphatic heterocycles. The lowest BCUT2D eigenvalue weighted by Gasteiger charge is -2.30. The fraction of sp³-hybridized carbons (Fsp3) is 0.208. The summed E-state index contributed by atoms with van der Waals surface area (Å²) in [7, 11) is -3.72. The number of halogens is 2. The normalized spacial score (nSPS) is 14.3. The van der Waals surface area contributed by atoms with Gasteiger partial charge in [0.05, 0.1) is 15.6 Å². The van der Waals surface area contributed by atoms with E-state index in [9.17, 15) is 13.2 Å². The molecule has 1 aliphatic rings. The number of nitrogens with zero attached hydrogens (tertiary/aromatic N) is 1. The molecule has 0 saturated carbocycles. The molecule has 1 N–H and O–H groups in total. The van der Waals surface area contributed by atoms with Crippen LogP contribution in [-0.2, 0) is 21.2 Å². The Hall–Kier alpha value is -2.74. The fourth-order valence-corrected chi connectivity index (χ4v) is 5.64. The maximum absolute atomic E-state index is 13.2. The first-order chi connectivity index (χ1) is 15.8. The molecule has 1 amide bonds. The first-order valence-electron chi connectivity index (χ1n) is 10.4. The standard InChI is InChI=1S/C24H22Cl2N2O4S/c1-16(32-23-13-8-18(25)15-21(23)26)24(29)27-19-9-11-20(12-10-19)33(30,31)28-14-4-6-17-5-2-3-7-22(17)28/h2-3,5,7-13,15-16H,4,6,14H2,1H3,(H,27,29). The molecule has 0 fully saturated rings. The zero-order valence-electron chi connectivity index (χ0n) is 17.8. The molecule has 0 saturated heterocycles. The lowest BCUT2D eigenvalue weighted by atomic mass is 10.0. The minimum absolute atomic E-state index is 0.162. The summed E-state index contributed by atoms with van der Waals surface area (Å²) >= 11 is 12.0. The third-order valence-electron chi connectivity index (χ3n) is 5.34. The number of nitrogens with one attached hydrogen (secondary N) is 1. The van der Waals surface area contributed by atoms with E-state index in [1.54, 1.807) is 31.2 Å². The van der Waals surface area contributed by atoms with Crippen LogP contribution in [-0.4, -0.2) is 27.0 Å². The number of aryl methyl sites for hydroxylation is 1. The van der Waals surface area contributed by atoms with Crippen molar-refractivity contribution in [2.45, 2.75) is 30.8 Å². The fourth-order valence-electron chi connectivity index (χ4n) is 3.64. The van der Waals surface area contributed by atoms with Gasteiger partial charge in [-0.25, -0.2) is 8.42 Å². The van der Waals surface area contributed by atoms with Gasteiger partial charge in [0.2, 0.25) is 0 Å². The average molecular weight is 505 g/mol. The molecule has 0 radical (unpaired) electrons. The summed E-state index contributed by atoms with van der Waals surface area (Å²) in [6.07, 6.45) is 0.783. The highest BCUT2D eigenvalue weighted by molar-refractivity contribution is 7.92. The molecule has 6 nitrogen and oxygen atoms in total. The average Bonchev–Trinajstić information content (AvgIpc) is 2.80.